The normalized spacial score (nSPS) is 21.2. The number of aliphatic carboxylic acids is 3. The van der Waals surface area contributed by atoms with Crippen molar-refractivity contribution in [3.05, 3.63) is 65.9 Å². The average molecular weight is 1620 g/mol. The summed E-state index contributed by atoms with van der Waals surface area (Å²) in [6.07, 6.45) is -1.98. The third-order valence-corrected chi connectivity index (χ3v) is 17.9. The monoisotopic (exact) mass is 1620 g/mol. The molecule has 43 nitrogen and oxygen atoms in total. The lowest BCUT2D eigenvalue weighted by molar-refractivity contribution is -0.156. The standard InChI is InChI=1S/C72H102N18O25/c1-5-6-7-8-9-10-11-22-54(95)82-44(25-38-31-77-42-20-15-13-17-39(38)42)66(108)86-46(28-53(76)94)67(109)87-48(30-59(102)103)68(110)90-61-37(4)115-72(114)49(26-51(92)40-18-12-14-19-41(40)74)88-71(113)60(35(2)24-57(98)99)89-69(111)50(34-91)83-56(97)32-78-63(105)47(29-58(100)101)84-62(104)36(3)80-65(107)45(27-52(75)93)85-64(106)43(21-16-23-73)81-55(96)33-79-70(61)112/h12-15,17-20,31,35-37,43-50,60-61,77,91H,5-11,16,21-30,32-34,73-74H2,1-4H3,(H2,75,93)(H2,76,94)(H,78,105)(H,79,112)(H,80,107)(H,81,96)(H,82,95)(H,83,97)(H,84,104)(H,85,106)(H,86,108)(H,87,109)(H,88,113)(H,89,111)(H,90,110)(H,98,99)(H,100,101)(H,102,103)/t35-,36-,37?,43+,44+,45?,46+,47+,48+,49+,50-,60?,61?/m1/s1. The highest BCUT2D eigenvalue weighted by Crippen LogP contribution is 2.22. The van der Waals surface area contributed by atoms with Gasteiger partial charge in [0.2, 0.25) is 88.6 Å². The van der Waals surface area contributed by atoms with Crippen LogP contribution in [-0.2, 0) is 102 Å². The molecule has 4 unspecified atom stereocenters. The summed E-state index contributed by atoms with van der Waals surface area (Å²) < 4.78 is 5.69. The quantitative estimate of drug-likeness (QED) is 0.0113. The summed E-state index contributed by atoms with van der Waals surface area (Å²) in [5, 5.41) is 69.1. The molecule has 1 aromatic heterocycles. The molecule has 43 heteroatoms. The minimum Gasteiger partial charge on any atom is -0.481 e. The highest BCUT2D eigenvalue weighted by atomic mass is 16.5. The predicted molar refractivity (Wildman–Crippen MR) is 402 cm³/mol. The summed E-state index contributed by atoms with van der Waals surface area (Å²) in [7, 11) is 0. The number of fused-ring (bicyclic) bond motifs is 1. The fraction of sp³-hybridized carbons (Fsp3) is 0.528. The molecule has 26 N–H and O–H groups in total. The van der Waals surface area contributed by atoms with E-state index in [1.807, 2.05) is 10.6 Å². The van der Waals surface area contributed by atoms with Crippen molar-refractivity contribution in [1.82, 2.24) is 74.1 Å². The molecule has 0 radical (unpaired) electrons. The van der Waals surface area contributed by atoms with E-state index in [0.717, 1.165) is 52.9 Å². The van der Waals surface area contributed by atoms with Gasteiger partial charge in [-0.05, 0) is 69.3 Å². The van der Waals surface area contributed by atoms with Crippen molar-refractivity contribution in [1.29, 1.82) is 0 Å². The molecule has 3 aromatic rings. The molecule has 0 spiro atoms. The number of nitrogen functional groups attached to an aromatic ring is 1. The Morgan fingerprint density at radius 3 is 1.71 bits per heavy atom. The summed E-state index contributed by atoms with van der Waals surface area (Å²) in [6.45, 7) is 1.22. The van der Waals surface area contributed by atoms with E-state index in [-0.39, 0.29) is 43.5 Å². The van der Waals surface area contributed by atoms with Gasteiger partial charge in [-0.3, -0.25) is 91.1 Å². The third-order valence-electron chi connectivity index (χ3n) is 17.9. The number of hydrogen-bond donors (Lipinski definition) is 22. The molecule has 4 rings (SSSR count). The number of primary amides is 2. The number of aliphatic hydroxyl groups is 1. The Kier molecular flexibility index (Phi) is 39.2. The van der Waals surface area contributed by atoms with Crippen molar-refractivity contribution in [3.63, 3.8) is 0 Å². The first-order valence-corrected chi connectivity index (χ1v) is 36.9. The summed E-state index contributed by atoms with van der Waals surface area (Å²) in [5.41, 5.74) is 23.5. The summed E-state index contributed by atoms with van der Waals surface area (Å²) in [4.78, 5) is 277. The number of unbranched alkanes of at least 4 members (excludes halogenated alkanes) is 6. The SMILES string of the molecule is CCCCCCCCCC(=O)N[C@@H](Cc1c[nH]c2ccccc12)C(=O)N[C@@H](CC(N)=O)C(=O)N[C@@H](CC(=O)O)C(=O)NC1C(=O)NCC(=O)N[C@@H](CCCN)C(=O)NC(CC(N)=O)C(=O)N[C@H](C)C(=O)N[C@@H](CC(=O)O)C(=O)NCC(=O)N[C@H](CO)C(=O)NC([C@H](C)CC(=O)O)C(=O)N[C@@H](CC(=O)c2ccccc2N)C(=O)OC1C. The van der Waals surface area contributed by atoms with Crippen LogP contribution in [-0.4, -0.2) is 242 Å². The third kappa shape index (κ3) is 32.5. The number of nitrogens with two attached hydrogens (primary N) is 4. The summed E-state index contributed by atoms with van der Waals surface area (Å²) >= 11 is 0. The summed E-state index contributed by atoms with van der Waals surface area (Å²) in [5.74, 6) is -28.9. The van der Waals surface area contributed by atoms with Crippen molar-refractivity contribution >= 4 is 135 Å². The molecule has 115 heavy (non-hydrogen) atoms. The van der Waals surface area contributed by atoms with Crippen molar-refractivity contribution in [2.45, 2.75) is 209 Å². The molecule has 2 aromatic carbocycles. The van der Waals surface area contributed by atoms with Crippen LogP contribution in [0.4, 0.5) is 5.69 Å². The number of ketones is 1. The first-order valence-electron chi connectivity index (χ1n) is 36.9. The van der Waals surface area contributed by atoms with Crippen LogP contribution >= 0.6 is 0 Å². The van der Waals surface area contributed by atoms with E-state index < -0.39 is 255 Å². The van der Waals surface area contributed by atoms with Crippen LogP contribution in [0, 0.1) is 5.92 Å². The topological polar surface area (TPSA) is 708 Å². The van der Waals surface area contributed by atoms with Gasteiger partial charge in [-0.15, -0.1) is 0 Å². The molecule has 2 heterocycles. The van der Waals surface area contributed by atoms with Crippen LogP contribution < -0.4 is 92.1 Å². The smallest absolute Gasteiger partial charge is 0.329 e. The molecule has 1 aliphatic rings. The van der Waals surface area contributed by atoms with Gasteiger partial charge >= 0.3 is 23.9 Å². The van der Waals surface area contributed by atoms with Crippen LogP contribution in [0.2, 0.25) is 0 Å². The number of aromatic amines is 1. The predicted octanol–water partition coefficient (Wildman–Crippen LogP) is -6.22. The van der Waals surface area contributed by atoms with E-state index in [2.05, 4.69) is 70.4 Å². The zero-order valence-electron chi connectivity index (χ0n) is 63.7. The van der Waals surface area contributed by atoms with Gasteiger partial charge in [0, 0.05) is 47.6 Å². The van der Waals surface area contributed by atoms with Crippen molar-refractivity contribution in [2.24, 2.45) is 23.1 Å². The van der Waals surface area contributed by atoms with Gasteiger partial charge in [0.1, 0.15) is 72.6 Å². The second-order valence-corrected chi connectivity index (χ2v) is 27.3. The van der Waals surface area contributed by atoms with Gasteiger partial charge in [0.05, 0.1) is 51.8 Å². The molecular formula is C72H102N18O25. The van der Waals surface area contributed by atoms with Crippen LogP contribution in [0.25, 0.3) is 10.9 Å². The Labute approximate surface area is 658 Å². The highest BCUT2D eigenvalue weighted by Gasteiger charge is 2.41. The average Bonchev–Trinajstić information content (AvgIpc) is 1.72. The highest BCUT2D eigenvalue weighted by molar-refractivity contribution is 6.05. The van der Waals surface area contributed by atoms with E-state index in [0.29, 0.717) is 29.3 Å². The number of ether oxygens (including phenoxy) is 1. The molecular weight excluding hydrogens is 1520 g/mol. The van der Waals surface area contributed by atoms with Crippen LogP contribution in [0.15, 0.2) is 54.7 Å². The van der Waals surface area contributed by atoms with E-state index in [9.17, 15) is 116 Å². The Hall–Kier alpha value is -12.7. The zero-order chi connectivity index (χ0) is 85.8. The largest absolute Gasteiger partial charge is 0.481 e. The molecule has 1 saturated heterocycles. The van der Waals surface area contributed by atoms with Crippen molar-refractivity contribution in [3.8, 4) is 0 Å². The number of nitrogens with one attached hydrogen (secondary N) is 14. The van der Waals surface area contributed by atoms with Gasteiger partial charge in [-0.2, -0.15) is 0 Å². The molecule has 1 aliphatic heterocycles. The second-order valence-electron chi connectivity index (χ2n) is 27.3. The molecule has 630 valence electrons. The summed E-state index contributed by atoms with van der Waals surface area (Å²) in [6, 6.07) is -10.2. The molecule has 0 bridgehead atoms. The second kappa shape index (κ2) is 47.6. The molecule has 15 amide bonds. The Balaban J connectivity index is 1.87. The van der Waals surface area contributed by atoms with E-state index >= 15 is 0 Å². The number of carbonyl (C=O) groups excluding carboxylic acids is 17. The maximum atomic E-state index is 14.8. The number of carbonyl (C=O) groups is 20. The number of rotatable bonds is 35. The number of benzene rings is 2. The first-order chi connectivity index (χ1) is 54.4. The fourth-order valence-electron chi connectivity index (χ4n) is 11.8. The van der Waals surface area contributed by atoms with Crippen LogP contribution in [0.3, 0.4) is 0 Å². The number of amides is 15. The Bertz CT molecular complexity index is 4040. The number of aliphatic hydroxyl groups excluding tert-OH is 1. The minimum absolute atomic E-state index is 0.0154. The van der Waals surface area contributed by atoms with Crippen LogP contribution in [0.5, 0.6) is 0 Å². The maximum Gasteiger partial charge on any atom is 0.329 e. The van der Waals surface area contributed by atoms with E-state index in [4.69, 9.17) is 27.7 Å². The number of hydrogen-bond acceptors (Lipinski definition) is 24. The van der Waals surface area contributed by atoms with Crippen molar-refractivity contribution < 1.29 is 121 Å². The molecule has 0 saturated carbocycles. The number of esters is 1. The van der Waals surface area contributed by atoms with Gasteiger partial charge in [0.25, 0.3) is 0 Å². The Morgan fingerprint density at radius 1 is 0.548 bits per heavy atom. The minimum atomic E-state index is -2.44. The van der Waals surface area contributed by atoms with E-state index in [1.54, 1.807) is 30.5 Å². The van der Waals surface area contributed by atoms with Gasteiger partial charge in [0.15, 0.2) is 5.78 Å². The lowest BCUT2D eigenvalue weighted by Crippen LogP contribution is -2.62. The molecule has 0 aliphatic carbocycles. The van der Waals surface area contributed by atoms with Crippen molar-refractivity contribution in [2.75, 3.05) is 32.0 Å². The fourth-order valence-corrected chi connectivity index (χ4v) is 11.8. The Morgan fingerprint density at radius 2 is 1.10 bits per heavy atom. The maximum absolute atomic E-state index is 14.8. The number of cyclic esters (lactones) is 1. The van der Waals surface area contributed by atoms with Gasteiger partial charge in [-0.1, -0.05) is 82.7 Å². The number of Topliss-reactive ketones (excluding diaryl/α,β-unsaturated/α-hetero) is 1. The van der Waals surface area contributed by atoms with Gasteiger partial charge < -0.3 is 122 Å². The van der Waals surface area contributed by atoms with Crippen LogP contribution in [0.1, 0.15) is 146 Å². The molecule has 1 fully saturated rings. The van der Waals surface area contributed by atoms with Gasteiger partial charge in [-0.25, -0.2) is 4.79 Å². The lowest BCUT2D eigenvalue weighted by Gasteiger charge is -2.30. The lowest BCUT2D eigenvalue weighted by atomic mass is 9.96. The number of H-pyrrole nitrogens is 1. The molecule has 13 atom stereocenters. The number of aromatic nitrogens is 1. The van der Waals surface area contributed by atoms with E-state index in [1.165, 1.54) is 24.3 Å². The first kappa shape index (κ1) is 94.7. The number of para-hydroxylation sites is 2. The number of carboxylic acids is 3. The number of anilines is 1. The number of carboxylic acid groups (broad SMARTS) is 3. The zero-order valence-corrected chi connectivity index (χ0v) is 63.7.